The third-order valence-electron chi connectivity index (χ3n) is 2.42. The van der Waals surface area contributed by atoms with Gasteiger partial charge in [-0.2, -0.15) is 0 Å². The Hall–Kier alpha value is -1.45. The van der Waals surface area contributed by atoms with Gasteiger partial charge in [-0.3, -0.25) is 4.79 Å². The largest absolute Gasteiger partial charge is 0.465 e. The lowest BCUT2D eigenvalue weighted by atomic mass is 10.1. The molecular weight excluding hydrogens is 328 g/mol. The molecule has 0 bridgehead atoms. The molecule has 9 heteroatoms. The van der Waals surface area contributed by atoms with Crippen molar-refractivity contribution >= 4 is 33.2 Å². The van der Waals surface area contributed by atoms with E-state index in [2.05, 4.69) is 10.0 Å². The molecule has 1 aromatic rings. The molecule has 0 saturated heterocycles. The van der Waals surface area contributed by atoms with Crippen molar-refractivity contribution in [2.24, 2.45) is 0 Å². The van der Waals surface area contributed by atoms with E-state index in [0.29, 0.717) is 11.3 Å². The number of thiophene rings is 1. The summed E-state index contributed by atoms with van der Waals surface area (Å²) in [4.78, 5) is 22.6. The minimum atomic E-state index is -3.64. The van der Waals surface area contributed by atoms with Crippen LogP contribution in [-0.4, -0.2) is 37.5 Å². The van der Waals surface area contributed by atoms with Gasteiger partial charge in [-0.05, 0) is 39.3 Å². The van der Waals surface area contributed by atoms with Crippen LogP contribution < -0.4 is 10.0 Å². The predicted octanol–water partition coefficient (Wildman–Crippen LogP) is 2.06. The zero-order valence-electron chi connectivity index (χ0n) is 12.7. The molecular formula is C13H20N2O5S2. The first-order valence-electron chi connectivity index (χ1n) is 6.65. The van der Waals surface area contributed by atoms with Crippen molar-refractivity contribution in [1.82, 2.24) is 10.0 Å². The summed E-state index contributed by atoms with van der Waals surface area (Å²) in [5, 5.41) is 10.6. The summed E-state index contributed by atoms with van der Waals surface area (Å²) in [6, 6.07) is 2.89. The van der Waals surface area contributed by atoms with Crippen LogP contribution in [0, 0.1) is 0 Å². The molecule has 0 unspecified atom stereocenters. The normalized spacial score (nSPS) is 12.1. The molecule has 0 spiro atoms. The average molecular weight is 348 g/mol. The number of Topliss-reactive ketones (excluding diaryl/α,β-unsaturated/α-hetero) is 1. The van der Waals surface area contributed by atoms with Crippen LogP contribution in [-0.2, 0) is 10.0 Å². The molecule has 0 aliphatic rings. The van der Waals surface area contributed by atoms with E-state index < -0.39 is 21.7 Å². The Morgan fingerprint density at radius 1 is 1.27 bits per heavy atom. The minimum absolute atomic E-state index is 0.0921. The Morgan fingerprint density at radius 3 is 2.45 bits per heavy atom. The first kappa shape index (κ1) is 18.6. The number of carbonyl (C=O) groups is 2. The van der Waals surface area contributed by atoms with Gasteiger partial charge in [0.05, 0.1) is 4.88 Å². The summed E-state index contributed by atoms with van der Waals surface area (Å²) in [7, 11) is -3.64. The number of ketones is 1. The SMILES string of the molecule is CC(C)(C)NS(=O)(=O)c1ccc(C(=O)CCCNC(=O)O)s1. The second kappa shape index (κ2) is 7.21. The maximum Gasteiger partial charge on any atom is 0.404 e. The zero-order chi connectivity index (χ0) is 17.0. The summed E-state index contributed by atoms with van der Waals surface area (Å²) in [6.45, 7) is 5.39. The van der Waals surface area contributed by atoms with Gasteiger partial charge in [-0.15, -0.1) is 11.3 Å². The molecule has 1 amide bonds. The van der Waals surface area contributed by atoms with Crippen LogP contribution in [0.5, 0.6) is 0 Å². The summed E-state index contributed by atoms with van der Waals surface area (Å²) in [5.41, 5.74) is -0.602. The monoisotopic (exact) mass is 348 g/mol. The molecule has 7 nitrogen and oxygen atoms in total. The summed E-state index contributed by atoms with van der Waals surface area (Å²) < 4.78 is 26.9. The standard InChI is InChI=1S/C13H20N2O5S2/c1-13(2,3)15-22(19,20)11-7-6-10(21-11)9(16)5-4-8-14-12(17)18/h6-7,14-15H,4-5,8H2,1-3H3,(H,17,18). The van der Waals surface area contributed by atoms with Gasteiger partial charge in [-0.1, -0.05) is 0 Å². The number of hydrogen-bond acceptors (Lipinski definition) is 5. The maximum absolute atomic E-state index is 12.1. The Bertz CT molecular complexity index is 644. The lowest BCUT2D eigenvalue weighted by molar-refractivity contribution is 0.0983. The molecule has 124 valence electrons. The quantitative estimate of drug-likeness (QED) is 0.516. The van der Waals surface area contributed by atoms with Crippen LogP contribution >= 0.6 is 11.3 Å². The minimum Gasteiger partial charge on any atom is -0.465 e. The number of carbonyl (C=O) groups excluding carboxylic acids is 1. The number of carboxylic acid groups (broad SMARTS) is 1. The summed E-state index contributed by atoms with van der Waals surface area (Å²) >= 11 is 0.916. The van der Waals surface area contributed by atoms with Crippen molar-refractivity contribution < 1.29 is 23.1 Å². The van der Waals surface area contributed by atoms with E-state index in [1.165, 1.54) is 12.1 Å². The smallest absolute Gasteiger partial charge is 0.404 e. The molecule has 1 aromatic heterocycles. The Morgan fingerprint density at radius 2 is 1.91 bits per heavy atom. The van der Waals surface area contributed by atoms with Gasteiger partial charge in [0, 0.05) is 18.5 Å². The van der Waals surface area contributed by atoms with Crippen LogP contribution in [0.4, 0.5) is 4.79 Å². The first-order valence-corrected chi connectivity index (χ1v) is 8.95. The van der Waals surface area contributed by atoms with Crippen LogP contribution in [0.3, 0.4) is 0 Å². The molecule has 22 heavy (non-hydrogen) atoms. The zero-order valence-corrected chi connectivity index (χ0v) is 14.3. The van der Waals surface area contributed by atoms with E-state index in [1.54, 1.807) is 20.8 Å². The van der Waals surface area contributed by atoms with Crippen molar-refractivity contribution in [2.45, 2.75) is 43.4 Å². The Balaban J connectivity index is 2.67. The second-order valence-electron chi connectivity index (χ2n) is 5.73. The van der Waals surface area contributed by atoms with Crippen molar-refractivity contribution in [3.63, 3.8) is 0 Å². The predicted molar refractivity (Wildman–Crippen MR) is 84.0 cm³/mol. The highest BCUT2D eigenvalue weighted by Gasteiger charge is 2.24. The molecule has 0 aromatic carbocycles. The Labute approximate surface area is 133 Å². The van der Waals surface area contributed by atoms with Crippen molar-refractivity contribution in [2.75, 3.05) is 6.54 Å². The third kappa shape index (κ3) is 6.12. The molecule has 3 N–H and O–H groups in total. The topological polar surface area (TPSA) is 113 Å². The van der Waals surface area contributed by atoms with Gasteiger partial charge >= 0.3 is 6.09 Å². The van der Waals surface area contributed by atoms with Gasteiger partial charge in [-0.25, -0.2) is 17.9 Å². The van der Waals surface area contributed by atoms with Gasteiger partial charge < -0.3 is 10.4 Å². The molecule has 0 radical (unpaired) electrons. The van der Waals surface area contributed by atoms with Gasteiger partial charge in [0.25, 0.3) is 10.0 Å². The molecule has 0 aliphatic carbocycles. The highest BCUT2D eigenvalue weighted by molar-refractivity contribution is 7.91. The van der Waals surface area contributed by atoms with E-state index in [1.807, 2.05) is 0 Å². The van der Waals surface area contributed by atoms with Crippen molar-refractivity contribution in [3.05, 3.63) is 17.0 Å². The fraction of sp³-hybridized carbons (Fsp3) is 0.538. The third-order valence-corrected chi connectivity index (χ3v) is 5.79. The molecule has 1 rings (SSSR count). The summed E-state index contributed by atoms with van der Waals surface area (Å²) in [6.07, 6.45) is -0.608. The van der Waals surface area contributed by atoms with Crippen molar-refractivity contribution in [3.8, 4) is 0 Å². The van der Waals surface area contributed by atoms with E-state index in [4.69, 9.17) is 5.11 Å². The fourth-order valence-electron chi connectivity index (χ4n) is 1.64. The van der Waals surface area contributed by atoms with Gasteiger partial charge in [0.2, 0.25) is 0 Å². The number of rotatable bonds is 7. The lowest BCUT2D eigenvalue weighted by Crippen LogP contribution is -2.40. The van der Waals surface area contributed by atoms with Crippen LogP contribution in [0.15, 0.2) is 16.3 Å². The summed E-state index contributed by atoms with van der Waals surface area (Å²) in [5.74, 6) is -0.200. The molecule has 0 fully saturated rings. The molecule has 0 aliphatic heterocycles. The average Bonchev–Trinajstić information content (AvgIpc) is 2.81. The molecule has 0 atom stereocenters. The van der Waals surface area contributed by atoms with Crippen LogP contribution in [0.2, 0.25) is 0 Å². The van der Waals surface area contributed by atoms with E-state index >= 15 is 0 Å². The van der Waals surface area contributed by atoms with Gasteiger partial charge in [0.1, 0.15) is 4.21 Å². The molecule has 0 saturated carbocycles. The van der Waals surface area contributed by atoms with E-state index in [9.17, 15) is 18.0 Å². The maximum atomic E-state index is 12.1. The molecule has 1 heterocycles. The highest BCUT2D eigenvalue weighted by Crippen LogP contribution is 2.24. The first-order chi connectivity index (χ1) is 10.0. The van der Waals surface area contributed by atoms with E-state index in [0.717, 1.165) is 11.3 Å². The van der Waals surface area contributed by atoms with E-state index in [-0.39, 0.29) is 23.0 Å². The van der Waals surface area contributed by atoms with Crippen molar-refractivity contribution in [1.29, 1.82) is 0 Å². The Kier molecular flexibility index (Phi) is 6.09. The van der Waals surface area contributed by atoms with Crippen LogP contribution in [0.25, 0.3) is 0 Å². The number of hydrogen-bond donors (Lipinski definition) is 3. The fourth-order valence-corrected chi connectivity index (χ4v) is 4.33. The number of nitrogens with one attached hydrogen (secondary N) is 2. The number of amides is 1. The highest BCUT2D eigenvalue weighted by atomic mass is 32.2. The van der Waals surface area contributed by atoms with Gasteiger partial charge in [0.15, 0.2) is 5.78 Å². The second-order valence-corrected chi connectivity index (χ2v) is 8.73. The van der Waals surface area contributed by atoms with Crippen LogP contribution in [0.1, 0.15) is 43.3 Å². The lowest BCUT2D eigenvalue weighted by Gasteiger charge is -2.19. The number of sulfonamides is 1.